The Labute approximate surface area is 342 Å². The van der Waals surface area contributed by atoms with Gasteiger partial charge in [0.1, 0.15) is 29.1 Å². The molecule has 2 aromatic heterocycles. The molecule has 58 heavy (non-hydrogen) atoms. The molecule has 1 amide bonds. The average Bonchev–Trinajstić information content (AvgIpc) is 3.39. The van der Waals surface area contributed by atoms with Crippen molar-refractivity contribution in [1.82, 2.24) is 9.97 Å². The molecule has 1 aliphatic carbocycles. The maximum atomic E-state index is 14.7. The SMILES string of the molecule is Cc1ncc(C2CCc3c(F)cccc3CC2=O)cc1S(C)(=O)=O.Cc1ncc(C2CCc3c(F)cccc3N(Cc3c(F)cc(Br)cc3F)C2=O)cc1S(C)(=O)=O. The van der Waals surface area contributed by atoms with Crippen molar-refractivity contribution in [2.45, 2.75) is 74.1 Å². The largest absolute Gasteiger partial charge is 0.307 e. The Morgan fingerprint density at radius 1 is 0.707 bits per heavy atom. The molecule has 0 saturated carbocycles. The molecule has 2 atom stereocenters. The van der Waals surface area contributed by atoms with E-state index in [1.807, 2.05) is 0 Å². The third-order valence-corrected chi connectivity index (χ3v) is 13.3. The minimum atomic E-state index is -3.61. The van der Waals surface area contributed by atoms with Crippen LogP contribution in [0.15, 0.2) is 87.3 Å². The molecule has 9 nitrogen and oxygen atoms in total. The number of hydrogen-bond donors (Lipinski definition) is 0. The van der Waals surface area contributed by atoms with Gasteiger partial charge in [-0.2, -0.15) is 0 Å². The number of pyridine rings is 2. The highest BCUT2D eigenvalue weighted by Gasteiger charge is 2.35. The van der Waals surface area contributed by atoms with Gasteiger partial charge in [-0.3, -0.25) is 19.6 Å². The molecular formula is C42H38BrF4N3O6S2. The van der Waals surface area contributed by atoms with Crippen molar-refractivity contribution in [2.24, 2.45) is 0 Å². The Hall–Kier alpha value is -4.80. The van der Waals surface area contributed by atoms with Gasteiger partial charge in [-0.05, 0) is 104 Å². The lowest BCUT2D eigenvalue weighted by molar-refractivity contribution is -0.120. The number of aryl methyl sites for hydroxylation is 2. The average molecular weight is 901 g/mol. The van der Waals surface area contributed by atoms with Crippen LogP contribution in [0.25, 0.3) is 0 Å². The summed E-state index contributed by atoms with van der Waals surface area (Å²) in [6.45, 7) is 2.71. The predicted molar refractivity (Wildman–Crippen MR) is 213 cm³/mol. The zero-order chi connectivity index (χ0) is 42.3. The summed E-state index contributed by atoms with van der Waals surface area (Å²) in [5.41, 5.74) is 3.05. The summed E-state index contributed by atoms with van der Waals surface area (Å²) in [7, 11) is -7.03. The second kappa shape index (κ2) is 16.8. The molecular weight excluding hydrogens is 863 g/mol. The zero-order valence-corrected chi connectivity index (χ0v) is 35.0. The monoisotopic (exact) mass is 899 g/mol. The lowest BCUT2D eigenvalue weighted by atomic mass is 9.91. The summed E-state index contributed by atoms with van der Waals surface area (Å²) in [4.78, 5) is 36.0. The number of hydrogen-bond acceptors (Lipinski definition) is 8. The molecule has 3 aromatic carbocycles. The lowest BCUT2D eigenvalue weighted by Gasteiger charge is -2.27. The summed E-state index contributed by atoms with van der Waals surface area (Å²) in [6.07, 6.45) is 6.52. The first-order chi connectivity index (χ1) is 27.2. The Kier molecular flexibility index (Phi) is 12.4. The fourth-order valence-corrected chi connectivity index (χ4v) is 9.75. The van der Waals surface area contributed by atoms with E-state index in [1.54, 1.807) is 32.2 Å². The molecule has 0 spiro atoms. The molecule has 0 fully saturated rings. The normalized spacial score (nSPS) is 17.1. The third-order valence-electron chi connectivity index (χ3n) is 10.4. The van der Waals surface area contributed by atoms with Gasteiger partial charge in [0.2, 0.25) is 5.91 Å². The van der Waals surface area contributed by atoms with E-state index in [9.17, 15) is 44.0 Å². The Balaban J connectivity index is 0.000000208. The summed E-state index contributed by atoms with van der Waals surface area (Å²) in [5.74, 6) is -4.45. The van der Waals surface area contributed by atoms with Crippen LogP contribution in [0.4, 0.5) is 23.2 Å². The molecule has 7 rings (SSSR count). The number of nitrogens with zero attached hydrogens (tertiary/aromatic N) is 3. The maximum Gasteiger partial charge on any atom is 0.234 e. The van der Waals surface area contributed by atoms with E-state index in [1.165, 1.54) is 42.6 Å². The summed E-state index contributed by atoms with van der Waals surface area (Å²) in [6, 6.07) is 14.1. The van der Waals surface area contributed by atoms with Crippen LogP contribution in [0.2, 0.25) is 0 Å². The predicted octanol–water partition coefficient (Wildman–Crippen LogP) is 8.01. The number of amides is 1. The van der Waals surface area contributed by atoms with Crippen LogP contribution in [-0.2, 0) is 55.1 Å². The molecule has 5 aromatic rings. The first-order valence-corrected chi connectivity index (χ1v) is 22.7. The number of carbonyl (C=O) groups excluding carboxylic acids is 2. The van der Waals surface area contributed by atoms with E-state index in [0.29, 0.717) is 40.8 Å². The number of ketones is 1. The van der Waals surface area contributed by atoms with Gasteiger partial charge in [0.15, 0.2) is 19.7 Å². The summed E-state index contributed by atoms with van der Waals surface area (Å²) in [5, 5.41) is 0. The van der Waals surface area contributed by atoms with Gasteiger partial charge in [0.05, 0.1) is 39.3 Å². The van der Waals surface area contributed by atoms with Gasteiger partial charge in [-0.25, -0.2) is 34.4 Å². The van der Waals surface area contributed by atoms with Gasteiger partial charge >= 0.3 is 0 Å². The van der Waals surface area contributed by atoms with E-state index in [4.69, 9.17) is 0 Å². The first-order valence-electron chi connectivity index (χ1n) is 18.1. The minimum absolute atomic E-state index is 0.0118. The van der Waals surface area contributed by atoms with Gasteiger partial charge in [0, 0.05) is 52.8 Å². The van der Waals surface area contributed by atoms with Crippen molar-refractivity contribution < 1.29 is 44.0 Å². The highest BCUT2D eigenvalue weighted by molar-refractivity contribution is 9.10. The molecule has 16 heteroatoms. The number of benzene rings is 3. The highest BCUT2D eigenvalue weighted by Crippen LogP contribution is 2.38. The number of sulfone groups is 2. The molecule has 304 valence electrons. The second-order valence-corrected chi connectivity index (χ2v) is 19.3. The van der Waals surface area contributed by atoms with Gasteiger partial charge in [0.25, 0.3) is 0 Å². The van der Waals surface area contributed by atoms with Crippen LogP contribution < -0.4 is 4.90 Å². The molecule has 0 N–H and O–H groups in total. The zero-order valence-electron chi connectivity index (χ0n) is 31.8. The molecule has 0 radical (unpaired) electrons. The summed E-state index contributed by atoms with van der Waals surface area (Å²) >= 11 is 3.03. The number of fused-ring (bicyclic) bond motifs is 2. The summed E-state index contributed by atoms with van der Waals surface area (Å²) < 4.78 is 106. The Morgan fingerprint density at radius 3 is 1.78 bits per heavy atom. The van der Waals surface area contributed by atoms with Crippen molar-refractivity contribution in [3.8, 4) is 0 Å². The van der Waals surface area contributed by atoms with Crippen LogP contribution in [0.5, 0.6) is 0 Å². The fraction of sp³-hybridized carbons (Fsp3) is 0.286. The third kappa shape index (κ3) is 9.08. The molecule has 0 saturated heterocycles. The highest BCUT2D eigenvalue weighted by atomic mass is 79.9. The van der Waals surface area contributed by atoms with Gasteiger partial charge in [-0.1, -0.05) is 34.1 Å². The second-order valence-electron chi connectivity index (χ2n) is 14.5. The molecule has 1 aliphatic heterocycles. The molecule has 3 heterocycles. The van der Waals surface area contributed by atoms with Crippen LogP contribution in [0.1, 0.15) is 69.4 Å². The topological polar surface area (TPSA) is 131 Å². The molecule has 2 aliphatic rings. The number of aromatic nitrogens is 2. The number of anilines is 1. The Bertz CT molecular complexity index is 2670. The Morgan fingerprint density at radius 2 is 1.21 bits per heavy atom. The number of halogens is 5. The van der Waals surface area contributed by atoms with E-state index >= 15 is 0 Å². The van der Waals surface area contributed by atoms with Crippen LogP contribution >= 0.6 is 15.9 Å². The van der Waals surface area contributed by atoms with Crippen molar-refractivity contribution in [3.63, 3.8) is 0 Å². The maximum absolute atomic E-state index is 14.7. The van der Waals surface area contributed by atoms with Crippen LogP contribution in [-0.4, -0.2) is 51.0 Å². The number of Topliss-reactive ketones (excluding diaryl/α,β-unsaturated/α-hetero) is 1. The quantitative estimate of drug-likeness (QED) is 0.124. The van der Waals surface area contributed by atoms with Crippen molar-refractivity contribution >= 4 is 53.0 Å². The van der Waals surface area contributed by atoms with E-state index in [2.05, 4.69) is 25.9 Å². The van der Waals surface area contributed by atoms with E-state index in [0.717, 1.165) is 29.5 Å². The van der Waals surface area contributed by atoms with E-state index in [-0.39, 0.29) is 67.6 Å². The molecule has 0 bridgehead atoms. The van der Waals surface area contributed by atoms with Gasteiger partial charge < -0.3 is 4.90 Å². The molecule has 2 unspecified atom stereocenters. The van der Waals surface area contributed by atoms with E-state index < -0.39 is 61.4 Å². The number of rotatable bonds is 6. The minimum Gasteiger partial charge on any atom is -0.307 e. The van der Waals surface area contributed by atoms with Crippen LogP contribution in [0.3, 0.4) is 0 Å². The lowest BCUT2D eigenvalue weighted by Crippen LogP contribution is -2.35. The smallest absolute Gasteiger partial charge is 0.234 e. The van der Waals surface area contributed by atoms with Gasteiger partial charge in [-0.15, -0.1) is 0 Å². The fourth-order valence-electron chi connectivity index (χ4n) is 7.47. The number of carbonyl (C=O) groups is 2. The standard InChI is InChI=1S/C24H20BrF3N2O3S.C18H18FNO3S/c1-13-23(34(2,32)33)8-14(11-29-13)16-6-7-17-19(26)4-3-5-22(17)30(24(16)31)12-18-20(27)9-15(25)10-21(18)28;1-11-18(24(2,22)23)9-13(10-20-11)15-7-6-14-12(8-17(15)21)4-3-5-16(14)19/h3-5,8-11,16H,6-7,12H2,1-2H3;3-5,9-10,15H,6-8H2,1-2H3. The van der Waals surface area contributed by atoms with Crippen molar-refractivity contribution in [2.75, 3.05) is 17.4 Å². The first kappa shape index (κ1) is 42.8. The van der Waals surface area contributed by atoms with Crippen LogP contribution in [0, 0.1) is 37.1 Å². The van der Waals surface area contributed by atoms with Crippen molar-refractivity contribution in [1.29, 1.82) is 0 Å². The van der Waals surface area contributed by atoms with Crippen molar-refractivity contribution in [3.05, 3.63) is 146 Å².